The van der Waals surface area contributed by atoms with Gasteiger partial charge in [0.15, 0.2) is 0 Å². The van der Waals surface area contributed by atoms with Crippen molar-refractivity contribution in [2.75, 3.05) is 0 Å². The molecule has 0 heteroatoms. The standard InChI is InChI=1S/C31H48/c1-8-15-30-17-13-25(22(3)4)29(30,9-2)20-19-28(7)26(30)14-16-27(6)21-23(5)12-18-31(27,28)24-10-11-24/h15,23-26H,1,3,9-14,16-21H2,2,4-7H3/t23-,25+,26+,27+,28-,29+,30-,31+/m0/s1. The van der Waals surface area contributed by atoms with E-state index >= 15 is 0 Å². The lowest BCUT2D eigenvalue weighted by molar-refractivity contribution is -0.251. The Morgan fingerprint density at radius 2 is 1.74 bits per heavy atom. The van der Waals surface area contributed by atoms with Crippen LogP contribution in [-0.2, 0) is 0 Å². The minimum absolute atomic E-state index is 0.284. The van der Waals surface area contributed by atoms with Crippen molar-refractivity contribution in [3.05, 3.63) is 30.5 Å². The summed E-state index contributed by atoms with van der Waals surface area (Å²) in [7, 11) is 0. The molecular weight excluding hydrogens is 372 g/mol. The molecule has 31 heavy (non-hydrogen) atoms. The molecule has 172 valence electrons. The summed E-state index contributed by atoms with van der Waals surface area (Å²) in [6.45, 7) is 21.6. The summed E-state index contributed by atoms with van der Waals surface area (Å²) < 4.78 is 0. The number of allylic oxidation sites excluding steroid dienone is 2. The van der Waals surface area contributed by atoms with Gasteiger partial charge in [0.25, 0.3) is 0 Å². The first-order valence-corrected chi connectivity index (χ1v) is 13.7. The summed E-state index contributed by atoms with van der Waals surface area (Å²) in [6.07, 6.45) is 19.7. The third-order valence-corrected chi connectivity index (χ3v) is 12.7. The molecule has 5 aliphatic carbocycles. The monoisotopic (exact) mass is 420 g/mol. The third-order valence-electron chi connectivity index (χ3n) is 12.7. The molecule has 0 heterocycles. The van der Waals surface area contributed by atoms with Gasteiger partial charge >= 0.3 is 0 Å². The summed E-state index contributed by atoms with van der Waals surface area (Å²) in [6, 6.07) is 0. The Morgan fingerprint density at radius 1 is 1.00 bits per heavy atom. The van der Waals surface area contributed by atoms with Gasteiger partial charge in [-0.15, -0.1) is 5.73 Å². The molecule has 5 aliphatic rings. The van der Waals surface area contributed by atoms with Gasteiger partial charge in [0, 0.05) is 5.41 Å². The lowest BCUT2D eigenvalue weighted by atomic mass is 9.30. The summed E-state index contributed by atoms with van der Waals surface area (Å²) in [5.41, 5.74) is 7.10. The van der Waals surface area contributed by atoms with Crippen LogP contribution in [0.2, 0.25) is 0 Å². The van der Waals surface area contributed by atoms with Crippen LogP contribution in [0.25, 0.3) is 0 Å². The van der Waals surface area contributed by atoms with E-state index in [1.54, 1.807) is 0 Å². The lowest BCUT2D eigenvalue weighted by Crippen LogP contribution is -2.67. The lowest BCUT2D eigenvalue weighted by Gasteiger charge is -2.74. The van der Waals surface area contributed by atoms with E-state index in [1.165, 1.54) is 82.6 Å². The first-order chi connectivity index (χ1) is 14.7. The second kappa shape index (κ2) is 6.88. The maximum atomic E-state index is 4.52. The molecule has 0 bridgehead atoms. The minimum Gasteiger partial charge on any atom is -0.132 e. The summed E-state index contributed by atoms with van der Waals surface area (Å²) in [5, 5.41) is 0. The highest BCUT2D eigenvalue weighted by atomic mass is 14.8. The first-order valence-electron chi connectivity index (χ1n) is 13.7. The van der Waals surface area contributed by atoms with Gasteiger partial charge < -0.3 is 0 Å². The fourth-order valence-corrected chi connectivity index (χ4v) is 11.8. The molecule has 5 fully saturated rings. The van der Waals surface area contributed by atoms with Crippen LogP contribution in [0.4, 0.5) is 0 Å². The Balaban J connectivity index is 1.69. The average molecular weight is 421 g/mol. The smallest absolute Gasteiger partial charge is 0.00531 e. The molecule has 0 saturated heterocycles. The second-order valence-electron chi connectivity index (χ2n) is 13.5. The molecule has 0 aliphatic heterocycles. The van der Waals surface area contributed by atoms with Gasteiger partial charge in [-0.25, -0.2) is 0 Å². The predicted molar refractivity (Wildman–Crippen MR) is 133 cm³/mol. The van der Waals surface area contributed by atoms with E-state index in [4.69, 9.17) is 0 Å². The Hall–Kier alpha value is -0.740. The molecule has 0 aromatic heterocycles. The largest absolute Gasteiger partial charge is 0.132 e. The third kappa shape index (κ3) is 2.45. The summed E-state index contributed by atoms with van der Waals surface area (Å²) >= 11 is 0. The average Bonchev–Trinajstić information content (AvgIpc) is 3.49. The van der Waals surface area contributed by atoms with Gasteiger partial charge in [-0.3, -0.25) is 0 Å². The highest BCUT2D eigenvalue weighted by Gasteiger charge is 2.76. The van der Waals surface area contributed by atoms with Crippen LogP contribution in [0.3, 0.4) is 0 Å². The number of hydrogen-bond donors (Lipinski definition) is 0. The van der Waals surface area contributed by atoms with Gasteiger partial charge in [0.1, 0.15) is 0 Å². The Morgan fingerprint density at radius 3 is 2.35 bits per heavy atom. The zero-order valence-electron chi connectivity index (χ0n) is 21.3. The van der Waals surface area contributed by atoms with Crippen LogP contribution < -0.4 is 0 Å². The fourth-order valence-electron chi connectivity index (χ4n) is 11.8. The van der Waals surface area contributed by atoms with Crippen molar-refractivity contribution in [1.82, 2.24) is 0 Å². The van der Waals surface area contributed by atoms with E-state index in [0.717, 1.165) is 17.8 Å². The van der Waals surface area contributed by atoms with Crippen LogP contribution in [-0.4, -0.2) is 0 Å². The molecule has 0 unspecified atom stereocenters. The highest BCUT2D eigenvalue weighted by Crippen LogP contribution is 2.83. The Kier molecular flexibility index (Phi) is 4.90. The first kappa shape index (κ1) is 22.1. The van der Waals surface area contributed by atoms with Crippen LogP contribution in [0.1, 0.15) is 112 Å². The normalized spacial score (nSPS) is 53.6. The van der Waals surface area contributed by atoms with Crippen LogP contribution >= 0.6 is 0 Å². The van der Waals surface area contributed by atoms with Crippen molar-refractivity contribution in [2.24, 2.45) is 50.7 Å². The number of hydrogen-bond acceptors (Lipinski definition) is 0. The van der Waals surface area contributed by atoms with Gasteiger partial charge in [-0.05, 0) is 129 Å². The van der Waals surface area contributed by atoms with E-state index in [9.17, 15) is 0 Å². The predicted octanol–water partition coefficient (Wildman–Crippen LogP) is 9.13. The van der Waals surface area contributed by atoms with Crippen LogP contribution in [0, 0.1) is 50.7 Å². The van der Waals surface area contributed by atoms with Crippen molar-refractivity contribution in [3.8, 4) is 0 Å². The van der Waals surface area contributed by atoms with Gasteiger partial charge in [-0.1, -0.05) is 52.8 Å². The van der Waals surface area contributed by atoms with E-state index < -0.39 is 0 Å². The fraction of sp³-hybridized carbons (Fsp3) is 0.839. The highest BCUT2D eigenvalue weighted by molar-refractivity contribution is 5.30. The molecular formula is C31H48. The molecule has 8 atom stereocenters. The molecule has 0 aromatic carbocycles. The van der Waals surface area contributed by atoms with E-state index in [2.05, 4.69) is 59.6 Å². The quantitative estimate of drug-likeness (QED) is 0.314. The molecule has 5 rings (SSSR count). The summed E-state index contributed by atoms with van der Waals surface area (Å²) in [5.74, 6) is 3.39. The van der Waals surface area contributed by atoms with E-state index in [-0.39, 0.29) is 5.41 Å². The van der Waals surface area contributed by atoms with Crippen molar-refractivity contribution < 1.29 is 0 Å². The molecule has 0 nitrogen and oxygen atoms in total. The molecule has 5 saturated carbocycles. The molecule has 0 aromatic rings. The van der Waals surface area contributed by atoms with Crippen LogP contribution in [0.5, 0.6) is 0 Å². The zero-order chi connectivity index (χ0) is 22.3. The van der Waals surface area contributed by atoms with E-state index in [1.807, 2.05) is 0 Å². The number of fused-ring (bicyclic) bond motifs is 5. The zero-order valence-corrected chi connectivity index (χ0v) is 21.3. The Bertz CT molecular complexity index is 810. The van der Waals surface area contributed by atoms with Crippen molar-refractivity contribution in [2.45, 2.75) is 112 Å². The minimum atomic E-state index is 0.284. The maximum absolute atomic E-state index is 4.52. The van der Waals surface area contributed by atoms with Gasteiger partial charge in [0.2, 0.25) is 0 Å². The van der Waals surface area contributed by atoms with Crippen LogP contribution in [0.15, 0.2) is 30.5 Å². The van der Waals surface area contributed by atoms with Crippen molar-refractivity contribution in [1.29, 1.82) is 0 Å². The topological polar surface area (TPSA) is 0 Å². The van der Waals surface area contributed by atoms with Crippen molar-refractivity contribution >= 4 is 0 Å². The van der Waals surface area contributed by atoms with E-state index in [0.29, 0.717) is 27.6 Å². The number of rotatable bonds is 4. The summed E-state index contributed by atoms with van der Waals surface area (Å²) in [4.78, 5) is 0. The Labute approximate surface area is 193 Å². The molecule has 0 radical (unpaired) electrons. The molecule has 0 N–H and O–H groups in total. The van der Waals surface area contributed by atoms with Gasteiger partial charge in [-0.2, -0.15) is 0 Å². The molecule has 0 spiro atoms. The van der Waals surface area contributed by atoms with Crippen molar-refractivity contribution in [3.63, 3.8) is 0 Å². The maximum Gasteiger partial charge on any atom is 0.00531 e. The second-order valence-corrected chi connectivity index (χ2v) is 13.5. The SMILES string of the molecule is C=C=C[C@@]12CC[C@H](C(=C)C)[C@@]1(CC)CC[C@@]1(C)[C@H]2CC[C@]2(C)C[C@@H](C)CC[C@@]21C1CC1. The van der Waals surface area contributed by atoms with Gasteiger partial charge in [0.05, 0.1) is 0 Å². The molecule has 0 amide bonds.